The Morgan fingerprint density at radius 2 is 1.56 bits per heavy atom. The second kappa shape index (κ2) is 9.56. The zero-order valence-corrected chi connectivity index (χ0v) is 19.1. The smallest absolute Gasteiger partial charge is 0.315 e. The maximum atomic E-state index is 12.5. The SMILES string of the molecule is CC(NC(=O)NCCc1ccc(OCc2ccccc2)cc1)C1C2CC3CC(C2)CC1C3. The van der Waals surface area contributed by atoms with Gasteiger partial charge in [-0.25, -0.2) is 4.79 Å². The van der Waals surface area contributed by atoms with Gasteiger partial charge in [0.05, 0.1) is 0 Å². The van der Waals surface area contributed by atoms with Gasteiger partial charge in [0.15, 0.2) is 0 Å². The van der Waals surface area contributed by atoms with E-state index < -0.39 is 0 Å². The first-order valence-corrected chi connectivity index (χ1v) is 12.4. The van der Waals surface area contributed by atoms with E-state index in [1.165, 1.54) is 37.7 Å². The highest BCUT2D eigenvalue weighted by molar-refractivity contribution is 5.74. The molecule has 4 aliphatic rings. The van der Waals surface area contributed by atoms with Gasteiger partial charge in [-0.05, 0) is 98.3 Å². The van der Waals surface area contributed by atoms with Crippen molar-refractivity contribution in [2.75, 3.05) is 6.54 Å². The monoisotopic (exact) mass is 432 g/mol. The van der Waals surface area contributed by atoms with Crippen LogP contribution in [0, 0.1) is 29.6 Å². The predicted molar refractivity (Wildman–Crippen MR) is 127 cm³/mol. The van der Waals surface area contributed by atoms with Crippen LogP contribution >= 0.6 is 0 Å². The summed E-state index contributed by atoms with van der Waals surface area (Å²) in [5.74, 6) is 5.17. The van der Waals surface area contributed by atoms with Crippen molar-refractivity contribution in [3.8, 4) is 5.75 Å². The number of carbonyl (C=O) groups is 1. The van der Waals surface area contributed by atoms with E-state index in [1.807, 2.05) is 30.3 Å². The molecule has 0 saturated heterocycles. The highest BCUT2D eigenvalue weighted by atomic mass is 16.5. The molecule has 2 amide bonds. The molecule has 4 heteroatoms. The second-order valence-electron chi connectivity index (χ2n) is 10.4. The largest absolute Gasteiger partial charge is 0.489 e. The van der Waals surface area contributed by atoms with Gasteiger partial charge in [-0.15, -0.1) is 0 Å². The predicted octanol–water partition coefficient (Wildman–Crippen LogP) is 5.57. The van der Waals surface area contributed by atoms with E-state index in [0.29, 0.717) is 19.1 Å². The van der Waals surface area contributed by atoms with Crippen LogP contribution < -0.4 is 15.4 Å². The summed E-state index contributed by atoms with van der Waals surface area (Å²) in [7, 11) is 0. The van der Waals surface area contributed by atoms with E-state index in [1.54, 1.807) is 0 Å². The van der Waals surface area contributed by atoms with E-state index in [9.17, 15) is 4.79 Å². The van der Waals surface area contributed by atoms with Crippen molar-refractivity contribution in [3.63, 3.8) is 0 Å². The van der Waals surface area contributed by atoms with Gasteiger partial charge in [0.1, 0.15) is 12.4 Å². The third kappa shape index (κ3) is 4.95. The minimum absolute atomic E-state index is 0.0193. The Hall–Kier alpha value is -2.49. The van der Waals surface area contributed by atoms with Crippen LogP contribution in [0.4, 0.5) is 4.79 Å². The van der Waals surface area contributed by atoms with Gasteiger partial charge in [-0.3, -0.25) is 0 Å². The van der Waals surface area contributed by atoms with Crippen LogP contribution in [0.25, 0.3) is 0 Å². The first kappa shape index (κ1) is 21.4. The number of rotatable bonds is 8. The number of urea groups is 1. The lowest BCUT2D eigenvalue weighted by atomic mass is 9.50. The fourth-order valence-electron chi connectivity index (χ4n) is 6.95. The van der Waals surface area contributed by atoms with Crippen molar-refractivity contribution in [2.24, 2.45) is 29.6 Å². The molecule has 4 bridgehead atoms. The maximum absolute atomic E-state index is 12.5. The summed E-state index contributed by atoms with van der Waals surface area (Å²) < 4.78 is 5.85. The van der Waals surface area contributed by atoms with E-state index in [2.05, 4.69) is 41.8 Å². The van der Waals surface area contributed by atoms with Crippen molar-refractivity contribution >= 4 is 6.03 Å². The molecule has 2 aromatic carbocycles. The van der Waals surface area contributed by atoms with Crippen molar-refractivity contribution in [3.05, 3.63) is 65.7 Å². The molecule has 32 heavy (non-hydrogen) atoms. The molecular weight excluding hydrogens is 396 g/mol. The lowest BCUT2D eigenvalue weighted by Gasteiger charge is -2.56. The maximum Gasteiger partial charge on any atom is 0.315 e. The Morgan fingerprint density at radius 1 is 0.906 bits per heavy atom. The molecule has 2 N–H and O–H groups in total. The summed E-state index contributed by atoms with van der Waals surface area (Å²) >= 11 is 0. The number of benzene rings is 2. The van der Waals surface area contributed by atoms with Gasteiger partial charge in [-0.2, -0.15) is 0 Å². The number of ether oxygens (including phenoxy) is 1. The zero-order chi connectivity index (χ0) is 21.9. The van der Waals surface area contributed by atoms with Crippen LogP contribution in [0.15, 0.2) is 54.6 Å². The van der Waals surface area contributed by atoms with Gasteiger partial charge >= 0.3 is 6.03 Å². The molecule has 0 spiro atoms. The van der Waals surface area contributed by atoms with Crippen LogP contribution in [-0.4, -0.2) is 18.6 Å². The lowest BCUT2D eigenvalue weighted by molar-refractivity contribution is -0.0475. The molecule has 2 aromatic rings. The first-order chi connectivity index (χ1) is 15.6. The van der Waals surface area contributed by atoms with Gasteiger partial charge in [0.2, 0.25) is 0 Å². The minimum atomic E-state index is -0.0193. The average molecular weight is 433 g/mol. The standard InChI is InChI=1S/C28H36N2O2/c1-19(27-24-14-22-13-23(16-24)17-25(27)15-22)30-28(31)29-12-11-20-7-9-26(10-8-20)32-18-21-5-3-2-4-6-21/h2-10,19,22-25,27H,11-18H2,1H3,(H2,29,30,31). The number of amides is 2. The van der Waals surface area contributed by atoms with E-state index in [0.717, 1.165) is 41.4 Å². The third-order valence-electron chi connectivity index (χ3n) is 8.11. The quantitative estimate of drug-likeness (QED) is 0.573. The minimum Gasteiger partial charge on any atom is -0.489 e. The van der Waals surface area contributed by atoms with Crippen LogP contribution in [0.2, 0.25) is 0 Å². The van der Waals surface area contributed by atoms with Crippen molar-refractivity contribution in [2.45, 2.75) is 58.1 Å². The summed E-state index contributed by atoms with van der Waals surface area (Å²) in [6.45, 7) is 3.44. The fraction of sp³-hybridized carbons (Fsp3) is 0.536. The molecule has 4 fully saturated rings. The highest BCUT2D eigenvalue weighted by Gasteiger charge is 2.49. The number of carbonyl (C=O) groups excluding carboxylic acids is 1. The Balaban J connectivity index is 1.03. The molecule has 0 aliphatic heterocycles. The van der Waals surface area contributed by atoms with Crippen LogP contribution in [0.5, 0.6) is 5.75 Å². The van der Waals surface area contributed by atoms with Gasteiger partial charge in [0, 0.05) is 12.6 Å². The molecule has 4 aliphatic carbocycles. The molecule has 6 rings (SSSR count). The fourth-order valence-corrected chi connectivity index (χ4v) is 6.95. The number of nitrogens with one attached hydrogen (secondary N) is 2. The highest BCUT2D eigenvalue weighted by Crippen LogP contribution is 2.57. The summed E-state index contributed by atoms with van der Waals surface area (Å²) in [5.41, 5.74) is 2.36. The van der Waals surface area contributed by atoms with E-state index >= 15 is 0 Å². The summed E-state index contributed by atoms with van der Waals surface area (Å²) in [6.07, 6.45) is 7.89. The molecule has 0 radical (unpaired) electrons. The molecule has 170 valence electrons. The molecule has 4 nitrogen and oxygen atoms in total. The molecule has 0 aromatic heterocycles. The molecule has 0 heterocycles. The summed E-state index contributed by atoms with van der Waals surface area (Å²) in [5, 5.41) is 6.33. The Labute approximate surface area is 192 Å². The normalized spacial score (nSPS) is 28.8. The van der Waals surface area contributed by atoms with Crippen LogP contribution in [0.3, 0.4) is 0 Å². The Bertz CT molecular complexity index is 867. The Kier molecular flexibility index (Phi) is 6.38. The Morgan fingerprint density at radius 3 is 2.22 bits per heavy atom. The van der Waals surface area contributed by atoms with Crippen LogP contribution in [0.1, 0.15) is 50.2 Å². The number of hydrogen-bond acceptors (Lipinski definition) is 2. The van der Waals surface area contributed by atoms with E-state index in [-0.39, 0.29) is 12.1 Å². The van der Waals surface area contributed by atoms with E-state index in [4.69, 9.17) is 4.74 Å². The topological polar surface area (TPSA) is 50.4 Å². The third-order valence-corrected chi connectivity index (χ3v) is 8.11. The first-order valence-electron chi connectivity index (χ1n) is 12.4. The molecular formula is C28H36N2O2. The zero-order valence-electron chi connectivity index (χ0n) is 19.1. The van der Waals surface area contributed by atoms with Crippen LogP contribution in [-0.2, 0) is 13.0 Å². The van der Waals surface area contributed by atoms with Crippen molar-refractivity contribution in [1.82, 2.24) is 10.6 Å². The van der Waals surface area contributed by atoms with Crippen molar-refractivity contribution in [1.29, 1.82) is 0 Å². The van der Waals surface area contributed by atoms with Crippen molar-refractivity contribution < 1.29 is 9.53 Å². The lowest BCUT2D eigenvalue weighted by Crippen LogP contribution is -2.54. The van der Waals surface area contributed by atoms with Gasteiger partial charge in [-0.1, -0.05) is 42.5 Å². The van der Waals surface area contributed by atoms with Gasteiger partial charge in [0.25, 0.3) is 0 Å². The molecule has 1 unspecified atom stereocenters. The molecule has 4 saturated carbocycles. The van der Waals surface area contributed by atoms with Gasteiger partial charge < -0.3 is 15.4 Å². The number of hydrogen-bond donors (Lipinski definition) is 2. The summed E-state index contributed by atoms with van der Waals surface area (Å²) in [4.78, 5) is 12.5. The second-order valence-corrected chi connectivity index (χ2v) is 10.4. The average Bonchev–Trinajstić information content (AvgIpc) is 2.78. The summed E-state index contributed by atoms with van der Waals surface area (Å²) in [6, 6.07) is 18.6. The molecule has 1 atom stereocenters.